The Kier molecular flexibility index (Phi) is 8.76. The van der Waals surface area contributed by atoms with Crippen molar-refractivity contribution in [1.82, 2.24) is 10.9 Å². The Morgan fingerprint density at radius 3 is 2.22 bits per heavy atom. The molecule has 0 radical (unpaired) electrons. The molecule has 2 amide bonds. The van der Waals surface area contributed by atoms with Gasteiger partial charge in [-0.15, -0.1) is 0 Å². The number of ether oxygens (including phenoxy) is 2. The third-order valence-electron chi connectivity index (χ3n) is 5.77. The van der Waals surface area contributed by atoms with Crippen LogP contribution in [-0.4, -0.2) is 54.3 Å². The number of rotatable bonds is 6. The van der Waals surface area contributed by atoms with Crippen molar-refractivity contribution in [3.8, 4) is 0 Å². The molecule has 1 aromatic rings. The Morgan fingerprint density at radius 1 is 1.03 bits per heavy atom. The van der Waals surface area contributed by atoms with Gasteiger partial charge in [0.1, 0.15) is 17.2 Å². The Balaban J connectivity index is 1.79. The van der Waals surface area contributed by atoms with Gasteiger partial charge in [-0.05, 0) is 66.9 Å². The zero-order chi connectivity index (χ0) is 27.7. The van der Waals surface area contributed by atoms with E-state index in [4.69, 9.17) is 38.4 Å². The summed E-state index contributed by atoms with van der Waals surface area (Å²) in [5, 5.41) is 3.86. The van der Waals surface area contributed by atoms with Crippen molar-refractivity contribution >= 4 is 52.5 Å². The van der Waals surface area contributed by atoms with Crippen molar-refractivity contribution in [1.29, 1.82) is 0 Å². The molecule has 10 nitrogen and oxygen atoms in total. The van der Waals surface area contributed by atoms with Crippen molar-refractivity contribution in [3.63, 3.8) is 0 Å². The predicted molar refractivity (Wildman–Crippen MR) is 144 cm³/mol. The normalized spacial score (nSPS) is 18.7. The number of anilines is 2. The largest absolute Gasteiger partial charge is 0.459 e. The molecule has 1 saturated heterocycles. The van der Waals surface area contributed by atoms with Crippen LogP contribution in [0.3, 0.4) is 0 Å². The lowest BCUT2D eigenvalue weighted by molar-refractivity contribution is -0.157. The van der Waals surface area contributed by atoms with Crippen molar-refractivity contribution in [2.45, 2.75) is 84.1 Å². The van der Waals surface area contributed by atoms with E-state index in [1.165, 1.54) is 6.07 Å². The molecule has 1 saturated carbocycles. The van der Waals surface area contributed by atoms with Crippen LogP contribution in [0.15, 0.2) is 6.07 Å². The first kappa shape index (κ1) is 29.1. The minimum atomic E-state index is -0.796. The van der Waals surface area contributed by atoms with Gasteiger partial charge in [-0.1, -0.05) is 23.2 Å². The number of amides is 2. The first-order valence-corrected chi connectivity index (χ1v) is 13.1. The summed E-state index contributed by atoms with van der Waals surface area (Å²) in [6, 6.07) is 0.916. The molecule has 2 aliphatic rings. The lowest BCUT2D eigenvalue weighted by atomic mass is 9.99. The molecule has 0 aromatic heterocycles. The highest BCUT2D eigenvalue weighted by Gasteiger charge is 2.36. The number of hydrogen-bond donors (Lipinski definition) is 4. The molecule has 0 spiro atoms. The number of nitrogens with two attached hydrogens (primary N) is 1. The number of benzene rings is 1. The van der Waals surface area contributed by atoms with E-state index in [0.29, 0.717) is 30.9 Å². The molecule has 5 N–H and O–H groups in total. The van der Waals surface area contributed by atoms with Crippen LogP contribution in [0.1, 0.15) is 71.2 Å². The summed E-state index contributed by atoms with van der Waals surface area (Å²) in [6.45, 7) is 11.6. The van der Waals surface area contributed by atoms with E-state index < -0.39 is 35.2 Å². The fraction of sp³-hybridized carbons (Fsp3) is 0.640. The van der Waals surface area contributed by atoms with Gasteiger partial charge in [-0.3, -0.25) is 15.0 Å². The summed E-state index contributed by atoms with van der Waals surface area (Å²) in [5.74, 6) is -1.20. The molecule has 0 bridgehead atoms. The van der Waals surface area contributed by atoms with Crippen LogP contribution in [0, 0.1) is 5.92 Å². The van der Waals surface area contributed by atoms with E-state index in [1.807, 2.05) is 4.90 Å². The molecule has 206 valence electrons. The Bertz CT molecular complexity index is 1050. The lowest BCUT2D eigenvalue weighted by Crippen LogP contribution is -2.44. The van der Waals surface area contributed by atoms with Crippen molar-refractivity contribution in [3.05, 3.63) is 21.7 Å². The number of hydrogen-bond acceptors (Lipinski definition) is 8. The first-order chi connectivity index (χ1) is 17.1. The summed E-state index contributed by atoms with van der Waals surface area (Å²) < 4.78 is 10.6. The Labute approximate surface area is 227 Å². The fourth-order valence-corrected chi connectivity index (χ4v) is 4.72. The highest BCUT2D eigenvalue weighted by atomic mass is 35.5. The van der Waals surface area contributed by atoms with Gasteiger partial charge < -0.3 is 25.4 Å². The summed E-state index contributed by atoms with van der Waals surface area (Å²) in [6.07, 6.45) is 1.75. The molecule has 2 atom stereocenters. The Hall–Kier alpha value is -2.43. The van der Waals surface area contributed by atoms with Crippen LogP contribution in [0.5, 0.6) is 0 Å². The summed E-state index contributed by atoms with van der Waals surface area (Å²) in [7, 11) is 0. The second kappa shape index (κ2) is 11.1. The number of carbonyl (C=O) groups excluding carboxylic acids is 3. The predicted octanol–water partition coefficient (Wildman–Crippen LogP) is 4.23. The molecule has 37 heavy (non-hydrogen) atoms. The third kappa shape index (κ3) is 8.02. The van der Waals surface area contributed by atoms with E-state index in [1.54, 1.807) is 41.5 Å². The Morgan fingerprint density at radius 2 is 1.65 bits per heavy atom. The van der Waals surface area contributed by atoms with Gasteiger partial charge in [0, 0.05) is 25.0 Å². The van der Waals surface area contributed by atoms with Crippen LogP contribution in [0.2, 0.25) is 10.0 Å². The van der Waals surface area contributed by atoms with E-state index in [2.05, 4.69) is 16.2 Å². The SMILES string of the molecule is CC(C)(C)OC(=O)NNC(=O)c1cc(Cl)c(N2CCC(C(N)C(=O)OC(C)(C)C)C2)c(Cl)c1NC1CC1. The lowest BCUT2D eigenvalue weighted by Gasteiger charge is -2.27. The van der Waals surface area contributed by atoms with Crippen molar-refractivity contribution in [2.24, 2.45) is 11.7 Å². The molecule has 1 aliphatic carbocycles. The van der Waals surface area contributed by atoms with Gasteiger partial charge in [0.15, 0.2) is 0 Å². The smallest absolute Gasteiger partial charge is 0.426 e. The monoisotopic (exact) mass is 557 g/mol. The number of nitrogens with zero attached hydrogens (tertiary/aromatic N) is 1. The number of esters is 1. The van der Waals surface area contributed by atoms with E-state index in [9.17, 15) is 14.4 Å². The second-order valence-corrected chi connectivity index (χ2v) is 12.3. The van der Waals surface area contributed by atoms with E-state index >= 15 is 0 Å². The third-order valence-corrected chi connectivity index (χ3v) is 6.43. The number of nitrogens with one attached hydrogen (secondary N) is 3. The van der Waals surface area contributed by atoms with Crippen molar-refractivity contribution in [2.75, 3.05) is 23.3 Å². The second-order valence-electron chi connectivity index (χ2n) is 11.5. The van der Waals surface area contributed by atoms with Gasteiger partial charge in [-0.25, -0.2) is 10.2 Å². The number of halogens is 2. The fourth-order valence-electron chi connectivity index (χ4n) is 3.98. The summed E-state index contributed by atoms with van der Waals surface area (Å²) in [5.41, 5.74) is 10.6. The van der Waals surface area contributed by atoms with E-state index in [0.717, 1.165) is 12.8 Å². The standard InChI is InChI=1S/C25H37Cl2N5O5/c1-24(2,3)36-22(34)18(28)13-9-10-32(12-13)20-16(26)11-15(19(17(20)27)29-14-7-8-14)21(33)30-31-23(35)37-25(4,5)6/h11,13-14,18,29H,7-10,12,28H2,1-6H3,(H,30,33)(H,31,35). The van der Waals surface area contributed by atoms with Crippen LogP contribution in [0.25, 0.3) is 0 Å². The minimum Gasteiger partial charge on any atom is -0.459 e. The van der Waals surface area contributed by atoms with Crippen LogP contribution >= 0.6 is 23.2 Å². The number of carbonyl (C=O) groups is 3. The van der Waals surface area contributed by atoms with Gasteiger partial charge >= 0.3 is 12.1 Å². The zero-order valence-corrected chi connectivity index (χ0v) is 23.7. The van der Waals surface area contributed by atoms with Crippen LogP contribution < -0.4 is 26.8 Å². The van der Waals surface area contributed by atoms with Gasteiger partial charge in [0.2, 0.25) is 0 Å². The van der Waals surface area contributed by atoms with E-state index in [-0.39, 0.29) is 27.6 Å². The molecule has 2 unspecified atom stereocenters. The molecular formula is C25H37Cl2N5O5. The zero-order valence-electron chi connectivity index (χ0n) is 22.2. The minimum absolute atomic E-state index is 0.150. The molecular weight excluding hydrogens is 521 g/mol. The highest BCUT2D eigenvalue weighted by molar-refractivity contribution is 6.42. The first-order valence-electron chi connectivity index (χ1n) is 12.4. The molecule has 2 fully saturated rings. The molecule has 1 heterocycles. The number of hydrazine groups is 1. The van der Waals surface area contributed by atoms with Crippen LogP contribution in [0.4, 0.5) is 16.2 Å². The maximum atomic E-state index is 13.0. The molecule has 1 aliphatic heterocycles. The quantitative estimate of drug-likeness (QED) is 0.301. The average molecular weight is 559 g/mol. The van der Waals surface area contributed by atoms with Crippen molar-refractivity contribution < 1.29 is 23.9 Å². The molecule has 3 rings (SSSR count). The maximum Gasteiger partial charge on any atom is 0.426 e. The van der Waals surface area contributed by atoms with Crippen LogP contribution in [-0.2, 0) is 14.3 Å². The molecule has 1 aromatic carbocycles. The van der Waals surface area contributed by atoms with Gasteiger partial charge in [-0.2, -0.15) is 0 Å². The van der Waals surface area contributed by atoms with Gasteiger partial charge in [0.25, 0.3) is 5.91 Å². The summed E-state index contributed by atoms with van der Waals surface area (Å²) in [4.78, 5) is 39.4. The topological polar surface area (TPSA) is 135 Å². The van der Waals surface area contributed by atoms with Gasteiger partial charge in [0.05, 0.1) is 27.0 Å². The average Bonchev–Trinajstić information content (AvgIpc) is 3.45. The molecule has 12 heteroatoms. The summed E-state index contributed by atoms with van der Waals surface area (Å²) >= 11 is 13.5. The highest BCUT2D eigenvalue weighted by Crippen LogP contribution is 2.45. The maximum absolute atomic E-state index is 13.0.